The Hall–Kier alpha value is -7.24. The molecule has 0 N–H and O–H groups in total. The van der Waals surface area contributed by atoms with Crippen LogP contribution in [0.4, 0.5) is 22.7 Å². The second-order valence-electron chi connectivity index (χ2n) is 22.8. The molecule has 452 valence electrons. The highest BCUT2D eigenvalue weighted by atomic mass is 32.2. The normalized spacial score (nSPS) is 15.6. The van der Waals surface area contributed by atoms with Crippen LogP contribution in [0.1, 0.15) is 122 Å². The van der Waals surface area contributed by atoms with Gasteiger partial charge in [-0.1, -0.05) is 171 Å². The summed E-state index contributed by atoms with van der Waals surface area (Å²) in [6, 6.07) is 58.1. The van der Waals surface area contributed by atoms with E-state index in [1.54, 1.807) is 48.5 Å². The lowest BCUT2D eigenvalue weighted by atomic mass is 10.0. The summed E-state index contributed by atoms with van der Waals surface area (Å²) in [5.74, 6) is 0. The molecule has 8 aromatic rings. The number of sulfonamides is 4. The van der Waals surface area contributed by atoms with E-state index in [9.17, 15) is 33.7 Å². The highest BCUT2D eigenvalue weighted by Crippen LogP contribution is 2.32. The van der Waals surface area contributed by atoms with Crippen LogP contribution < -0.4 is 17.2 Å². The number of rotatable bonds is 8. The highest BCUT2D eigenvalue weighted by Gasteiger charge is 2.29. The average molecular weight is 1230 g/mol. The zero-order chi connectivity index (χ0) is 60.9. The molecule has 0 fully saturated rings. The minimum Gasteiger partial charge on any atom is -0.266 e. The molecule has 7 heterocycles. The van der Waals surface area contributed by atoms with Crippen molar-refractivity contribution in [2.24, 2.45) is 0 Å². The third kappa shape index (κ3) is 15.8. The molecule has 8 bridgehead atoms. The fourth-order valence-corrected chi connectivity index (χ4v) is 16.9. The van der Waals surface area contributed by atoms with Gasteiger partial charge in [0.1, 0.15) is 0 Å². The van der Waals surface area contributed by atoms with E-state index >= 15 is 0 Å². The van der Waals surface area contributed by atoms with E-state index in [1.807, 2.05) is 173 Å². The summed E-state index contributed by atoms with van der Waals surface area (Å²) in [6.45, 7) is 8.82. The van der Waals surface area contributed by atoms with Gasteiger partial charge in [0.15, 0.2) is 0 Å². The average Bonchev–Trinajstić information content (AvgIpc) is 2.03. The second-order valence-corrected chi connectivity index (χ2v) is 30.3. The van der Waals surface area contributed by atoms with Crippen molar-refractivity contribution in [3.63, 3.8) is 0 Å². The van der Waals surface area contributed by atoms with Crippen LogP contribution in [0, 0.1) is 27.7 Å². The molecular weight excluding hydrogens is 1150 g/mol. The van der Waals surface area contributed by atoms with Crippen LogP contribution in [-0.2, 0) is 52.9 Å². The highest BCUT2D eigenvalue weighted by molar-refractivity contribution is 7.93. The lowest BCUT2D eigenvalue weighted by molar-refractivity contribution is 0.572. The fraction of sp³-hybridized carbons (Fsp3) is 0.314. The number of benzene rings is 8. The van der Waals surface area contributed by atoms with Crippen molar-refractivity contribution in [2.45, 2.75) is 137 Å². The maximum absolute atomic E-state index is 14.4. The van der Waals surface area contributed by atoms with Gasteiger partial charge in [-0.2, -0.15) is 0 Å². The van der Waals surface area contributed by atoms with Crippen molar-refractivity contribution in [3.8, 4) is 0 Å². The van der Waals surface area contributed by atoms with Gasteiger partial charge in [-0.3, -0.25) is 17.2 Å². The molecule has 7 aliphatic heterocycles. The van der Waals surface area contributed by atoms with E-state index in [2.05, 4.69) is 0 Å². The van der Waals surface area contributed by atoms with Crippen LogP contribution in [0.15, 0.2) is 214 Å². The Morgan fingerprint density at radius 3 is 0.558 bits per heavy atom. The Balaban J connectivity index is 0.970. The van der Waals surface area contributed by atoms with Crippen molar-refractivity contribution < 1.29 is 33.7 Å². The number of hydrogen-bond donors (Lipinski definition) is 0. The molecule has 12 nitrogen and oxygen atoms in total. The molecule has 0 amide bonds. The molecule has 0 radical (unpaired) electrons. The summed E-state index contributed by atoms with van der Waals surface area (Å²) in [5.41, 5.74) is 9.96. The fourth-order valence-electron chi connectivity index (χ4n) is 10.9. The van der Waals surface area contributed by atoms with Gasteiger partial charge in [0.25, 0.3) is 40.1 Å². The van der Waals surface area contributed by atoms with E-state index in [1.165, 1.54) is 17.2 Å². The SMILES string of the molecule is Cc1ccc(S(=O)(=O)N2CCCCCCCCN(S(=O)(=O)c3ccc(C)cc3)c3ccc(cc3)Cc3ccc(cc3)N(S(=O)(=O)c3ccc(C)cc3)CCCCCCCCN(S(=O)(=O)c3ccc(C)cc3)c3ccc(cc3)Cc3ccc2cc3)cc1. The lowest BCUT2D eigenvalue weighted by Crippen LogP contribution is -2.32. The minimum absolute atomic E-state index is 0.221. The van der Waals surface area contributed by atoms with Gasteiger partial charge in [0.2, 0.25) is 0 Å². The first-order valence-electron chi connectivity index (χ1n) is 30.0. The molecule has 0 atom stereocenters. The van der Waals surface area contributed by atoms with E-state index < -0.39 is 40.1 Å². The molecule has 0 aromatic heterocycles. The molecular formula is C70H80N4O8S4. The smallest absolute Gasteiger partial charge is 0.264 e. The van der Waals surface area contributed by atoms with Crippen LogP contribution >= 0.6 is 0 Å². The Kier molecular flexibility index (Phi) is 21.0. The number of hydrogen-bond acceptors (Lipinski definition) is 8. The van der Waals surface area contributed by atoms with Gasteiger partial charge < -0.3 is 0 Å². The molecule has 0 saturated heterocycles. The zero-order valence-electron chi connectivity index (χ0n) is 49.9. The van der Waals surface area contributed by atoms with Gasteiger partial charge in [0, 0.05) is 26.2 Å². The predicted molar refractivity (Wildman–Crippen MR) is 350 cm³/mol. The van der Waals surface area contributed by atoms with Crippen molar-refractivity contribution in [3.05, 3.63) is 239 Å². The van der Waals surface area contributed by atoms with E-state index in [-0.39, 0.29) is 45.8 Å². The van der Waals surface area contributed by atoms with Crippen molar-refractivity contribution >= 4 is 62.8 Å². The maximum atomic E-state index is 14.4. The van der Waals surface area contributed by atoms with Crippen molar-refractivity contribution in [1.29, 1.82) is 0 Å². The Labute approximate surface area is 512 Å². The van der Waals surface area contributed by atoms with Gasteiger partial charge in [-0.25, -0.2) is 33.7 Å². The molecule has 0 unspecified atom stereocenters. The van der Waals surface area contributed by atoms with Gasteiger partial charge >= 0.3 is 0 Å². The quantitative estimate of drug-likeness (QED) is 0.146. The number of nitrogens with zero attached hydrogens (tertiary/aromatic N) is 4. The first kappa shape index (κ1) is 63.3. The summed E-state index contributed by atoms with van der Waals surface area (Å²) in [6.07, 6.45) is 10.0. The maximum Gasteiger partial charge on any atom is 0.264 e. The van der Waals surface area contributed by atoms with Gasteiger partial charge in [-0.15, -0.1) is 0 Å². The van der Waals surface area contributed by atoms with Crippen LogP contribution in [0.2, 0.25) is 0 Å². The summed E-state index contributed by atoms with van der Waals surface area (Å²) in [4.78, 5) is 0.883. The van der Waals surface area contributed by atoms with E-state index in [4.69, 9.17) is 0 Å². The largest absolute Gasteiger partial charge is 0.266 e. The predicted octanol–water partition coefficient (Wildman–Crippen LogP) is 15.3. The summed E-state index contributed by atoms with van der Waals surface area (Å²) < 4.78 is 121. The number of aryl methyl sites for hydroxylation is 4. The van der Waals surface area contributed by atoms with Crippen molar-refractivity contribution in [1.82, 2.24) is 0 Å². The lowest BCUT2D eigenvalue weighted by Gasteiger charge is -2.26. The third-order valence-electron chi connectivity index (χ3n) is 16.1. The Bertz CT molecular complexity index is 3430. The van der Waals surface area contributed by atoms with Gasteiger partial charge in [-0.05, 0) is 186 Å². The van der Waals surface area contributed by atoms with E-state index in [0.29, 0.717) is 61.3 Å². The molecule has 15 rings (SSSR count). The minimum atomic E-state index is -3.92. The monoisotopic (exact) mass is 1230 g/mol. The van der Waals surface area contributed by atoms with E-state index in [0.717, 1.165) is 95.9 Å². The molecule has 0 spiro atoms. The molecule has 0 saturated carbocycles. The molecule has 86 heavy (non-hydrogen) atoms. The first-order valence-corrected chi connectivity index (χ1v) is 35.8. The van der Waals surface area contributed by atoms with Gasteiger partial charge in [0.05, 0.1) is 42.3 Å². The first-order chi connectivity index (χ1) is 41.3. The molecule has 7 aliphatic rings. The molecule has 0 aliphatic carbocycles. The summed E-state index contributed by atoms with van der Waals surface area (Å²) >= 11 is 0. The second kappa shape index (κ2) is 28.5. The molecule has 16 heteroatoms. The standard InChI is InChI=1S/C70H80N4O8S4/c1-55-17-41-67(42-18-55)83(75,76)71-49-13-9-5-6-10-14-50-72(84(77,78)68-43-19-56(2)20-44-68)65-37-29-61(30-38-65)54-62-31-39-66(40-32-62)74(86(81,82)70-47-23-58(4)24-48-70)52-16-12-8-7-11-15-51-73(85(79,80)69-45-21-57(3)22-46-69)64-35-27-60(28-36-64)53-59-25-33-63(71)34-26-59/h17-48H,5-16,49-54H2,1-4H3. The number of anilines is 4. The third-order valence-corrected chi connectivity index (χ3v) is 23.5. The van der Waals surface area contributed by atoms with Crippen LogP contribution in [0.5, 0.6) is 0 Å². The topological polar surface area (TPSA) is 150 Å². The van der Waals surface area contributed by atoms with Crippen LogP contribution in [0.3, 0.4) is 0 Å². The Morgan fingerprint density at radius 2 is 0.384 bits per heavy atom. The summed E-state index contributed by atoms with van der Waals surface area (Å²) in [5, 5.41) is 0. The van der Waals surface area contributed by atoms with Crippen LogP contribution in [0.25, 0.3) is 0 Å². The zero-order valence-corrected chi connectivity index (χ0v) is 53.2. The summed E-state index contributed by atoms with van der Waals surface area (Å²) in [7, 11) is -15.7. The van der Waals surface area contributed by atoms with Crippen LogP contribution in [-0.4, -0.2) is 59.9 Å². The van der Waals surface area contributed by atoms with Crippen molar-refractivity contribution in [2.75, 3.05) is 43.4 Å². The Morgan fingerprint density at radius 1 is 0.221 bits per heavy atom. The molecule has 8 aromatic carbocycles.